The molecular formula is C13H10ClN3O. The van der Waals surface area contributed by atoms with Crippen molar-refractivity contribution in [2.45, 2.75) is 13.3 Å². The maximum absolute atomic E-state index is 11.0. The zero-order chi connectivity index (χ0) is 13.1. The lowest BCUT2D eigenvalue weighted by Crippen LogP contribution is -1.97. The molecule has 0 saturated carbocycles. The fraction of sp³-hybridized carbons (Fsp3) is 0.154. The number of aromatic nitrogens is 2. The van der Waals surface area contributed by atoms with Crippen LogP contribution >= 0.6 is 11.6 Å². The molecule has 0 bridgehead atoms. The number of halogens is 1. The molecule has 0 saturated heterocycles. The van der Waals surface area contributed by atoms with Crippen LogP contribution in [0, 0.1) is 11.3 Å². The van der Waals surface area contributed by atoms with Gasteiger partial charge in [0.2, 0.25) is 0 Å². The fourth-order valence-corrected chi connectivity index (χ4v) is 2.00. The molecule has 1 aromatic heterocycles. The van der Waals surface area contributed by atoms with Crippen molar-refractivity contribution in [3.63, 3.8) is 0 Å². The highest BCUT2D eigenvalue weighted by atomic mass is 35.5. The molecule has 0 atom stereocenters. The molecule has 5 heteroatoms. The van der Waals surface area contributed by atoms with E-state index in [1.807, 2.05) is 6.92 Å². The van der Waals surface area contributed by atoms with Crippen LogP contribution < -0.4 is 0 Å². The second-order valence-electron chi connectivity index (χ2n) is 3.70. The lowest BCUT2D eigenvalue weighted by atomic mass is 10.2. The third-order valence-electron chi connectivity index (χ3n) is 2.61. The summed E-state index contributed by atoms with van der Waals surface area (Å²) in [7, 11) is 0. The van der Waals surface area contributed by atoms with Gasteiger partial charge in [-0.1, -0.05) is 24.6 Å². The van der Waals surface area contributed by atoms with E-state index in [2.05, 4.69) is 11.2 Å². The summed E-state index contributed by atoms with van der Waals surface area (Å²) in [6.07, 6.45) is 1.33. The number of benzene rings is 1. The van der Waals surface area contributed by atoms with Crippen LogP contribution in [0.2, 0.25) is 5.15 Å². The van der Waals surface area contributed by atoms with E-state index in [0.29, 0.717) is 35.2 Å². The van der Waals surface area contributed by atoms with Crippen LogP contribution in [0.25, 0.3) is 5.69 Å². The number of rotatable bonds is 3. The Kier molecular flexibility index (Phi) is 3.45. The van der Waals surface area contributed by atoms with Crippen molar-refractivity contribution in [1.82, 2.24) is 9.78 Å². The average Bonchev–Trinajstić information content (AvgIpc) is 2.75. The molecule has 0 unspecified atom stereocenters. The third-order valence-corrected chi connectivity index (χ3v) is 2.98. The number of aldehydes is 1. The van der Waals surface area contributed by atoms with Gasteiger partial charge in [0.25, 0.3) is 0 Å². The molecule has 2 aromatic rings. The van der Waals surface area contributed by atoms with Crippen molar-refractivity contribution in [2.24, 2.45) is 0 Å². The van der Waals surface area contributed by atoms with Crippen molar-refractivity contribution in [3.05, 3.63) is 46.2 Å². The summed E-state index contributed by atoms with van der Waals surface area (Å²) >= 11 is 6.12. The zero-order valence-electron chi connectivity index (χ0n) is 9.72. The summed E-state index contributed by atoms with van der Waals surface area (Å²) in [5.74, 6) is 0. The summed E-state index contributed by atoms with van der Waals surface area (Å²) in [6, 6.07) is 8.96. The van der Waals surface area contributed by atoms with Gasteiger partial charge in [-0.3, -0.25) is 4.79 Å². The van der Waals surface area contributed by atoms with Gasteiger partial charge in [-0.25, -0.2) is 4.68 Å². The number of hydrogen-bond donors (Lipinski definition) is 0. The second-order valence-corrected chi connectivity index (χ2v) is 4.05. The Morgan fingerprint density at radius 2 is 2.33 bits per heavy atom. The van der Waals surface area contributed by atoms with Crippen LogP contribution in [0.4, 0.5) is 0 Å². The van der Waals surface area contributed by atoms with Crippen molar-refractivity contribution >= 4 is 17.9 Å². The number of nitrogens with zero attached hydrogens (tertiary/aromatic N) is 3. The Balaban J connectivity index is 2.61. The first kappa shape index (κ1) is 12.3. The smallest absolute Gasteiger partial charge is 0.155 e. The highest BCUT2D eigenvalue weighted by Crippen LogP contribution is 2.23. The molecule has 4 nitrogen and oxygen atoms in total. The quantitative estimate of drug-likeness (QED) is 0.797. The van der Waals surface area contributed by atoms with Gasteiger partial charge in [-0.05, 0) is 24.6 Å². The second kappa shape index (κ2) is 5.03. The lowest BCUT2D eigenvalue weighted by Gasteiger charge is -2.02. The maximum atomic E-state index is 11.0. The molecule has 0 aliphatic carbocycles. The SMILES string of the molecule is CCc1nn(-c2cccc(C#N)c2)c(Cl)c1C=O. The minimum Gasteiger partial charge on any atom is -0.298 e. The van der Waals surface area contributed by atoms with Gasteiger partial charge >= 0.3 is 0 Å². The summed E-state index contributed by atoms with van der Waals surface area (Å²) in [6.45, 7) is 1.90. The molecule has 0 fully saturated rings. The van der Waals surface area contributed by atoms with E-state index in [1.54, 1.807) is 24.3 Å². The van der Waals surface area contributed by atoms with E-state index in [9.17, 15) is 4.79 Å². The topological polar surface area (TPSA) is 58.7 Å². The van der Waals surface area contributed by atoms with Crippen molar-refractivity contribution in [1.29, 1.82) is 5.26 Å². The van der Waals surface area contributed by atoms with Crippen molar-refractivity contribution < 1.29 is 4.79 Å². The highest BCUT2D eigenvalue weighted by Gasteiger charge is 2.15. The van der Waals surface area contributed by atoms with E-state index < -0.39 is 0 Å². The molecule has 0 N–H and O–H groups in total. The lowest BCUT2D eigenvalue weighted by molar-refractivity contribution is 0.112. The van der Waals surface area contributed by atoms with Crippen molar-refractivity contribution in [3.8, 4) is 11.8 Å². The van der Waals surface area contributed by atoms with E-state index in [1.165, 1.54) is 4.68 Å². The van der Waals surface area contributed by atoms with Gasteiger partial charge in [0.1, 0.15) is 5.15 Å². The molecule has 0 radical (unpaired) electrons. The Labute approximate surface area is 109 Å². The summed E-state index contributed by atoms with van der Waals surface area (Å²) in [5, 5.41) is 13.4. The molecule has 2 rings (SSSR count). The first-order valence-electron chi connectivity index (χ1n) is 5.44. The monoisotopic (exact) mass is 259 g/mol. The van der Waals surface area contributed by atoms with E-state index >= 15 is 0 Å². The predicted octanol–water partition coefficient (Wildman–Crippen LogP) is 2.77. The Bertz CT molecular complexity index is 640. The molecule has 0 amide bonds. The van der Waals surface area contributed by atoms with E-state index in [4.69, 9.17) is 16.9 Å². The Morgan fingerprint density at radius 1 is 1.56 bits per heavy atom. The zero-order valence-corrected chi connectivity index (χ0v) is 10.5. The molecule has 90 valence electrons. The Hall–Kier alpha value is -2.12. The molecular weight excluding hydrogens is 250 g/mol. The van der Waals surface area contributed by atoms with Crippen LogP contribution in [0.15, 0.2) is 24.3 Å². The van der Waals surface area contributed by atoms with Crippen LogP contribution in [-0.4, -0.2) is 16.1 Å². The summed E-state index contributed by atoms with van der Waals surface area (Å²) in [4.78, 5) is 11.0. The summed E-state index contributed by atoms with van der Waals surface area (Å²) < 4.78 is 1.48. The largest absolute Gasteiger partial charge is 0.298 e. The number of carbonyl (C=O) groups excluding carboxylic acids is 1. The minimum atomic E-state index is 0.275. The van der Waals surface area contributed by atoms with E-state index in [0.717, 1.165) is 0 Å². The fourth-order valence-electron chi connectivity index (χ4n) is 1.71. The molecule has 18 heavy (non-hydrogen) atoms. The van der Waals surface area contributed by atoms with Gasteiger partial charge < -0.3 is 0 Å². The third kappa shape index (κ3) is 2.01. The number of carbonyl (C=O) groups is 1. The maximum Gasteiger partial charge on any atom is 0.155 e. The number of hydrogen-bond acceptors (Lipinski definition) is 3. The van der Waals surface area contributed by atoms with E-state index in [-0.39, 0.29) is 5.15 Å². The molecule has 0 aliphatic rings. The van der Waals surface area contributed by atoms with Crippen LogP contribution in [0.5, 0.6) is 0 Å². The van der Waals surface area contributed by atoms with Gasteiger partial charge in [-0.2, -0.15) is 10.4 Å². The standard InChI is InChI=1S/C13H10ClN3O/c1-2-12-11(8-18)13(14)17(16-12)10-5-3-4-9(6-10)7-15/h3-6,8H,2H2,1H3. The van der Waals surface area contributed by atoms with Gasteiger partial charge in [0, 0.05) is 0 Å². The van der Waals surface area contributed by atoms with Crippen LogP contribution in [0.3, 0.4) is 0 Å². The first-order chi connectivity index (χ1) is 8.71. The summed E-state index contributed by atoms with van der Waals surface area (Å²) in [5.41, 5.74) is 2.24. The van der Waals surface area contributed by atoms with Gasteiger partial charge in [0.05, 0.1) is 28.6 Å². The number of aryl methyl sites for hydroxylation is 1. The average molecular weight is 260 g/mol. The van der Waals surface area contributed by atoms with Crippen LogP contribution in [0.1, 0.15) is 28.5 Å². The molecule has 0 aliphatic heterocycles. The molecule has 1 aromatic carbocycles. The molecule has 0 spiro atoms. The van der Waals surface area contributed by atoms with Crippen molar-refractivity contribution in [2.75, 3.05) is 0 Å². The van der Waals surface area contributed by atoms with Gasteiger partial charge in [0.15, 0.2) is 6.29 Å². The Morgan fingerprint density at radius 3 is 2.89 bits per heavy atom. The van der Waals surface area contributed by atoms with Crippen LogP contribution in [-0.2, 0) is 6.42 Å². The highest BCUT2D eigenvalue weighted by molar-refractivity contribution is 6.32. The minimum absolute atomic E-state index is 0.275. The van der Waals surface area contributed by atoms with Gasteiger partial charge in [-0.15, -0.1) is 0 Å². The molecule has 1 heterocycles. The predicted molar refractivity (Wildman–Crippen MR) is 68.1 cm³/mol. The first-order valence-corrected chi connectivity index (χ1v) is 5.82. The normalized spacial score (nSPS) is 10.1. The number of nitriles is 1.